The van der Waals surface area contributed by atoms with Gasteiger partial charge in [-0.3, -0.25) is 14.4 Å². The number of hydrogen-bond acceptors (Lipinski definition) is 6. The summed E-state index contributed by atoms with van der Waals surface area (Å²) in [6.45, 7) is 6.56. The second-order valence-electron chi connectivity index (χ2n) is 17.5. The van der Waals surface area contributed by atoms with Gasteiger partial charge < -0.3 is 14.2 Å². The van der Waals surface area contributed by atoms with Crippen molar-refractivity contribution in [3.8, 4) is 0 Å². The van der Waals surface area contributed by atoms with E-state index in [0.29, 0.717) is 19.3 Å². The Labute approximate surface area is 383 Å². The molecule has 358 valence electrons. The first-order valence-electron chi connectivity index (χ1n) is 26.3. The van der Waals surface area contributed by atoms with Crippen molar-refractivity contribution in [2.45, 2.75) is 264 Å². The summed E-state index contributed by atoms with van der Waals surface area (Å²) in [6.07, 6.45) is 62.0. The van der Waals surface area contributed by atoms with Crippen LogP contribution in [-0.2, 0) is 28.6 Å². The van der Waals surface area contributed by atoms with Crippen LogP contribution in [0.15, 0.2) is 60.8 Å². The quantitative estimate of drug-likeness (QED) is 0.0199. The van der Waals surface area contributed by atoms with E-state index in [1.54, 1.807) is 0 Å². The van der Waals surface area contributed by atoms with Crippen LogP contribution in [0.1, 0.15) is 258 Å². The topological polar surface area (TPSA) is 78.9 Å². The number of esters is 3. The third-order valence-electron chi connectivity index (χ3n) is 11.3. The summed E-state index contributed by atoms with van der Waals surface area (Å²) < 4.78 is 16.8. The minimum Gasteiger partial charge on any atom is -0.462 e. The third-order valence-corrected chi connectivity index (χ3v) is 11.3. The van der Waals surface area contributed by atoms with Gasteiger partial charge in [0.15, 0.2) is 6.10 Å². The van der Waals surface area contributed by atoms with E-state index in [2.05, 4.69) is 81.5 Å². The lowest BCUT2D eigenvalue weighted by Gasteiger charge is -2.18. The van der Waals surface area contributed by atoms with Crippen molar-refractivity contribution in [1.29, 1.82) is 0 Å². The number of unbranched alkanes of at least 4 members (excludes halogenated alkanes) is 29. The van der Waals surface area contributed by atoms with Gasteiger partial charge in [-0.05, 0) is 70.6 Å². The third kappa shape index (κ3) is 48.1. The molecule has 0 amide bonds. The maximum atomic E-state index is 12.8. The molecule has 0 radical (unpaired) electrons. The van der Waals surface area contributed by atoms with Crippen LogP contribution in [0.25, 0.3) is 0 Å². The van der Waals surface area contributed by atoms with Crippen LogP contribution in [0, 0.1) is 0 Å². The molecule has 0 saturated carbocycles. The molecule has 0 heterocycles. The zero-order valence-electron chi connectivity index (χ0n) is 40.9. The predicted molar refractivity (Wildman–Crippen MR) is 265 cm³/mol. The van der Waals surface area contributed by atoms with Crippen LogP contribution in [0.3, 0.4) is 0 Å². The van der Waals surface area contributed by atoms with Crippen molar-refractivity contribution in [2.75, 3.05) is 13.2 Å². The normalized spacial score (nSPS) is 12.5. The lowest BCUT2D eigenvalue weighted by atomic mass is 10.1. The van der Waals surface area contributed by atoms with Crippen LogP contribution in [0.4, 0.5) is 0 Å². The van der Waals surface area contributed by atoms with E-state index < -0.39 is 6.10 Å². The van der Waals surface area contributed by atoms with Crippen LogP contribution in [0.5, 0.6) is 0 Å². The smallest absolute Gasteiger partial charge is 0.306 e. The van der Waals surface area contributed by atoms with Crippen molar-refractivity contribution < 1.29 is 28.6 Å². The molecule has 0 aromatic carbocycles. The molecule has 62 heavy (non-hydrogen) atoms. The first-order valence-corrected chi connectivity index (χ1v) is 26.3. The number of ether oxygens (including phenoxy) is 3. The van der Waals surface area contributed by atoms with E-state index >= 15 is 0 Å². The molecule has 0 aliphatic rings. The van der Waals surface area contributed by atoms with Crippen molar-refractivity contribution >= 4 is 17.9 Å². The molecule has 0 fully saturated rings. The second-order valence-corrected chi connectivity index (χ2v) is 17.5. The number of carbonyl (C=O) groups excluding carboxylic acids is 3. The standard InChI is InChI=1S/C56H98O6/c1-4-7-10-13-16-19-21-23-25-27-29-30-32-34-37-40-43-46-49-55(58)61-52-53(51-60-54(57)48-45-42-39-36-18-15-12-9-6-3)62-56(59)50-47-44-41-38-35-33-31-28-26-24-22-20-17-14-11-8-5-2/h16,19,21,23-27,29-30,53H,4-15,17-18,20,22,28,31-52H2,1-3H3/b19-16-,23-21-,26-24-,27-25-,30-29-. The molecule has 0 aliphatic heterocycles. The summed E-state index contributed by atoms with van der Waals surface area (Å²) in [4.78, 5) is 37.9. The van der Waals surface area contributed by atoms with E-state index in [1.807, 2.05) is 0 Å². The van der Waals surface area contributed by atoms with Gasteiger partial charge >= 0.3 is 17.9 Å². The molecule has 1 atom stereocenters. The average Bonchev–Trinajstić information content (AvgIpc) is 3.27. The van der Waals surface area contributed by atoms with E-state index in [1.165, 1.54) is 135 Å². The van der Waals surface area contributed by atoms with Crippen molar-refractivity contribution in [3.63, 3.8) is 0 Å². The lowest BCUT2D eigenvalue weighted by Crippen LogP contribution is -2.30. The number of hydrogen-bond donors (Lipinski definition) is 0. The lowest BCUT2D eigenvalue weighted by molar-refractivity contribution is -0.167. The minimum absolute atomic E-state index is 0.0823. The zero-order chi connectivity index (χ0) is 45.1. The molecule has 0 aromatic heterocycles. The largest absolute Gasteiger partial charge is 0.462 e. The van der Waals surface area contributed by atoms with Crippen molar-refractivity contribution in [1.82, 2.24) is 0 Å². The maximum Gasteiger partial charge on any atom is 0.306 e. The van der Waals surface area contributed by atoms with Crippen molar-refractivity contribution in [2.24, 2.45) is 0 Å². The molecule has 0 spiro atoms. The van der Waals surface area contributed by atoms with Gasteiger partial charge in [-0.2, -0.15) is 0 Å². The summed E-state index contributed by atoms with van der Waals surface area (Å²) in [5.41, 5.74) is 0. The van der Waals surface area contributed by atoms with Gasteiger partial charge in [-0.15, -0.1) is 0 Å². The molecule has 6 nitrogen and oxygen atoms in total. The van der Waals surface area contributed by atoms with Crippen LogP contribution in [-0.4, -0.2) is 37.2 Å². The van der Waals surface area contributed by atoms with Gasteiger partial charge in [0.05, 0.1) is 0 Å². The molecular formula is C56H98O6. The average molecular weight is 867 g/mol. The van der Waals surface area contributed by atoms with Gasteiger partial charge in [0.2, 0.25) is 0 Å². The number of allylic oxidation sites excluding steroid dienone is 10. The monoisotopic (exact) mass is 867 g/mol. The van der Waals surface area contributed by atoms with Gasteiger partial charge in [-0.1, -0.05) is 229 Å². The SMILES string of the molecule is CCCCC\C=C/C=C\C=C/C=C\CCCCCCCC(=O)OCC(COC(=O)CCCCCCCCCCC)OC(=O)CCCCCCCCC/C=C\CCCCCCCC. The molecule has 0 aromatic rings. The van der Waals surface area contributed by atoms with Gasteiger partial charge in [0, 0.05) is 19.3 Å². The summed E-state index contributed by atoms with van der Waals surface area (Å²) in [5, 5.41) is 0. The van der Waals surface area contributed by atoms with Gasteiger partial charge in [0.25, 0.3) is 0 Å². The molecule has 1 unspecified atom stereocenters. The van der Waals surface area contributed by atoms with E-state index in [0.717, 1.165) is 83.5 Å². The molecule has 0 rings (SSSR count). The summed E-state index contributed by atoms with van der Waals surface area (Å²) in [5.74, 6) is -0.908. The van der Waals surface area contributed by atoms with Gasteiger partial charge in [-0.25, -0.2) is 0 Å². The Morgan fingerprint density at radius 3 is 0.984 bits per heavy atom. The Kier molecular flexibility index (Phi) is 48.4. The second kappa shape index (κ2) is 50.8. The highest BCUT2D eigenvalue weighted by atomic mass is 16.6. The molecule has 0 aliphatic carbocycles. The van der Waals surface area contributed by atoms with Crippen LogP contribution < -0.4 is 0 Å². The molecular weight excluding hydrogens is 769 g/mol. The minimum atomic E-state index is -0.783. The first-order chi connectivity index (χ1) is 30.5. The Hall–Kier alpha value is -2.89. The molecule has 6 heteroatoms. The highest BCUT2D eigenvalue weighted by Crippen LogP contribution is 2.15. The Balaban J connectivity index is 4.37. The molecule has 0 N–H and O–H groups in total. The number of rotatable bonds is 47. The van der Waals surface area contributed by atoms with Crippen LogP contribution in [0.2, 0.25) is 0 Å². The Bertz CT molecular complexity index is 1130. The molecule has 0 bridgehead atoms. The fraction of sp³-hybridized carbons (Fsp3) is 0.768. The summed E-state index contributed by atoms with van der Waals surface area (Å²) in [7, 11) is 0. The highest BCUT2D eigenvalue weighted by Gasteiger charge is 2.19. The Morgan fingerprint density at radius 2 is 0.597 bits per heavy atom. The predicted octanol–water partition coefficient (Wildman–Crippen LogP) is 17.3. The Morgan fingerprint density at radius 1 is 0.323 bits per heavy atom. The van der Waals surface area contributed by atoms with Crippen LogP contribution >= 0.6 is 0 Å². The summed E-state index contributed by atoms with van der Waals surface area (Å²) >= 11 is 0. The molecule has 0 saturated heterocycles. The fourth-order valence-electron chi connectivity index (χ4n) is 7.33. The fourth-order valence-corrected chi connectivity index (χ4v) is 7.33. The number of carbonyl (C=O) groups is 3. The van der Waals surface area contributed by atoms with E-state index in [4.69, 9.17) is 14.2 Å². The maximum absolute atomic E-state index is 12.8. The summed E-state index contributed by atoms with van der Waals surface area (Å²) in [6, 6.07) is 0. The first kappa shape index (κ1) is 59.1. The van der Waals surface area contributed by atoms with Gasteiger partial charge in [0.1, 0.15) is 13.2 Å². The van der Waals surface area contributed by atoms with E-state index in [-0.39, 0.29) is 31.1 Å². The van der Waals surface area contributed by atoms with E-state index in [9.17, 15) is 14.4 Å². The zero-order valence-corrected chi connectivity index (χ0v) is 40.9. The highest BCUT2D eigenvalue weighted by molar-refractivity contribution is 5.71. The van der Waals surface area contributed by atoms with Crippen molar-refractivity contribution in [3.05, 3.63) is 60.8 Å².